The first-order chi connectivity index (χ1) is 18.5. The predicted octanol–water partition coefficient (Wildman–Crippen LogP) is 7.38. The Morgan fingerprint density at radius 1 is 1.00 bits per heavy atom. The Balaban J connectivity index is 1.58. The minimum atomic E-state index is -0.700. The molecular formula is C32H36N2O4. The molecule has 0 atom stereocenters. The van der Waals surface area contributed by atoms with Crippen molar-refractivity contribution in [3.63, 3.8) is 0 Å². The number of carbonyl (C=O) groups excluding carboxylic acids is 2. The van der Waals surface area contributed by atoms with E-state index in [1.807, 2.05) is 35.2 Å². The molecule has 1 aliphatic rings. The van der Waals surface area contributed by atoms with Crippen molar-refractivity contribution in [1.82, 2.24) is 4.90 Å². The molecule has 0 bridgehead atoms. The van der Waals surface area contributed by atoms with Gasteiger partial charge < -0.3 is 14.4 Å². The molecule has 38 heavy (non-hydrogen) atoms. The van der Waals surface area contributed by atoms with E-state index in [4.69, 9.17) is 9.47 Å². The molecular weight excluding hydrogens is 476 g/mol. The Morgan fingerprint density at radius 2 is 1.74 bits per heavy atom. The average Bonchev–Trinajstić information content (AvgIpc) is 3.38. The maximum Gasteiger partial charge on any atom is 0.508 e. The minimum Gasteiger partial charge on any atom is -0.435 e. The fourth-order valence-corrected chi connectivity index (χ4v) is 5.32. The van der Waals surface area contributed by atoms with Crippen molar-refractivity contribution in [2.24, 2.45) is 0 Å². The molecule has 0 radical (unpaired) electrons. The zero-order valence-electron chi connectivity index (χ0n) is 22.4. The second-order valence-electron chi connectivity index (χ2n) is 10.1. The number of hydrogen-bond donors (Lipinski definition) is 0. The molecule has 0 saturated heterocycles. The van der Waals surface area contributed by atoms with E-state index in [-0.39, 0.29) is 12.5 Å². The molecule has 1 fully saturated rings. The molecule has 4 rings (SSSR count). The van der Waals surface area contributed by atoms with Crippen molar-refractivity contribution in [3.05, 3.63) is 71.8 Å². The van der Waals surface area contributed by atoms with Crippen molar-refractivity contribution >= 4 is 22.8 Å². The van der Waals surface area contributed by atoms with Gasteiger partial charge in [-0.05, 0) is 84.7 Å². The van der Waals surface area contributed by atoms with Crippen LogP contribution < -0.4 is 0 Å². The summed E-state index contributed by atoms with van der Waals surface area (Å²) in [6.45, 7) is 4.91. The number of rotatable bonds is 10. The first-order valence-corrected chi connectivity index (χ1v) is 13.6. The van der Waals surface area contributed by atoms with Gasteiger partial charge in [-0.3, -0.25) is 4.79 Å². The quantitative estimate of drug-likeness (QED) is 0.265. The molecule has 1 amide bonds. The topological polar surface area (TPSA) is 79.6 Å². The minimum absolute atomic E-state index is 0.0779. The zero-order chi connectivity index (χ0) is 27.0. The number of fused-ring (bicyclic) bond motifs is 1. The largest absolute Gasteiger partial charge is 0.508 e. The van der Waals surface area contributed by atoms with Crippen molar-refractivity contribution in [2.45, 2.75) is 70.9 Å². The lowest BCUT2D eigenvalue weighted by atomic mass is 9.96. The van der Waals surface area contributed by atoms with Gasteiger partial charge in [-0.25, -0.2) is 4.79 Å². The van der Waals surface area contributed by atoms with E-state index in [9.17, 15) is 14.9 Å². The summed E-state index contributed by atoms with van der Waals surface area (Å²) in [5.41, 5.74) is 2.89. The van der Waals surface area contributed by atoms with Crippen LogP contribution in [0.15, 0.2) is 60.7 Å². The summed E-state index contributed by atoms with van der Waals surface area (Å²) in [5.74, 6) is 0.0779. The third kappa shape index (κ3) is 6.52. The van der Waals surface area contributed by atoms with Crippen LogP contribution in [0.5, 0.6) is 0 Å². The highest BCUT2D eigenvalue weighted by Gasteiger charge is 2.41. The molecule has 6 heteroatoms. The predicted molar refractivity (Wildman–Crippen MR) is 148 cm³/mol. The summed E-state index contributed by atoms with van der Waals surface area (Å²) in [5, 5.41) is 11.6. The Hall–Kier alpha value is -3.85. The average molecular weight is 513 g/mol. The first-order valence-electron chi connectivity index (χ1n) is 13.6. The Morgan fingerprint density at radius 3 is 2.47 bits per heavy atom. The van der Waals surface area contributed by atoms with Gasteiger partial charge in [0, 0.05) is 13.0 Å². The van der Waals surface area contributed by atoms with Gasteiger partial charge in [-0.2, -0.15) is 5.26 Å². The van der Waals surface area contributed by atoms with Crippen molar-refractivity contribution in [2.75, 3.05) is 13.2 Å². The summed E-state index contributed by atoms with van der Waals surface area (Å²) >= 11 is 0. The Labute approximate surface area is 225 Å². The number of nitrogens with zero attached hydrogens (tertiary/aromatic N) is 2. The lowest BCUT2D eigenvalue weighted by molar-refractivity contribution is -0.136. The first kappa shape index (κ1) is 27.2. The van der Waals surface area contributed by atoms with Crippen LogP contribution in [0.25, 0.3) is 21.9 Å². The molecule has 0 heterocycles. The van der Waals surface area contributed by atoms with Crippen LogP contribution in [0.3, 0.4) is 0 Å². The summed E-state index contributed by atoms with van der Waals surface area (Å²) in [6.07, 6.45) is 4.97. The lowest BCUT2D eigenvalue weighted by Gasteiger charge is -2.35. The van der Waals surface area contributed by atoms with Crippen molar-refractivity contribution < 1.29 is 19.1 Å². The molecule has 0 aliphatic heterocycles. The lowest BCUT2D eigenvalue weighted by Crippen LogP contribution is -2.46. The molecule has 0 unspecified atom stereocenters. The summed E-state index contributed by atoms with van der Waals surface area (Å²) in [4.78, 5) is 27.4. The number of carbonyl (C=O) groups is 2. The van der Waals surface area contributed by atoms with Gasteiger partial charge in [0.1, 0.15) is 5.60 Å². The van der Waals surface area contributed by atoms with Gasteiger partial charge in [0.05, 0.1) is 24.8 Å². The summed E-state index contributed by atoms with van der Waals surface area (Å²) < 4.78 is 10.9. The molecule has 0 N–H and O–H groups in total. The van der Waals surface area contributed by atoms with Crippen LogP contribution in [0, 0.1) is 11.3 Å². The highest BCUT2D eigenvalue weighted by molar-refractivity contribution is 5.89. The second kappa shape index (κ2) is 12.6. The fourth-order valence-electron chi connectivity index (χ4n) is 5.32. The standard InChI is InChI=1S/C32H36N2O4/c1-3-5-12-30(35)34(23-32(17-8-9-18-32)38-31(36)37-4-2)22-24-13-14-26-20-27(16-15-25(26)19-24)29-11-7-6-10-28(29)21-33/h6-7,10-11,13-16,19-20H,3-5,8-9,12,17-18,22-23H2,1-2H3. The molecule has 0 aromatic heterocycles. The smallest absolute Gasteiger partial charge is 0.435 e. The Kier molecular flexibility index (Phi) is 9.02. The molecule has 3 aromatic rings. The van der Waals surface area contributed by atoms with Gasteiger partial charge in [-0.15, -0.1) is 0 Å². The van der Waals surface area contributed by atoms with Crippen LogP contribution in [-0.2, 0) is 20.8 Å². The van der Waals surface area contributed by atoms with E-state index in [1.165, 1.54) is 0 Å². The number of benzene rings is 3. The van der Waals surface area contributed by atoms with Crippen molar-refractivity contribution in [3.8, 4) is 17.2 Å². The number of amides is 1. The Bertz CT molecular complexity index is 1320. The van der Waals surface area contributed by atoms with E-state index in [0.717, 1.165) is 66.0 Å². The normalized spacial score (nSPS) is 14.1. The van der Waals surface area contributed by atoms with Crippen molar-refractivity contribution in [1.29, 1.82) is 5.26 Å². The van der Waals surface area contributed by atoms with E-state index in [0.29, 0.717) is 25.1 Å². The van der Waals surface area contributed by atoms with E-state index in [2.05, 4.69) is 43.3 Å². The maximum absolute atomic E-state index is 13.3. The van der Waals surface area contributed by atoms with Gasteiger partial charge in [-0.1, -0.05) is 55.8 Å². The van der Waals surface area contributed by atoms with Gasteiger partial charge in [0.25, 0.3) is 0 Å². The third-order valence-electron chi connectivity index (χ3n) is 7.29. The van der Waals surface area contributed by atoms with Crippen LogP contribution in [0.1, 0.15) is 69.9 Å². The monoisotopic (exact) mass is 512 g/mol. The van der Waals surface area contributed by atoms with Crippen LogP contribution in [-0.4, -0.2) is 35.7 Å². The van der Waals surface area contributed by atoms with Crippen LogP contribution in [0.4, 0.5) is 4.79 Å². The number of unbranched alkanes of at least 4 members (excludes halogenated alkanes) is 1. The summed E-state index contributed by atoms with van der Waals surface area (Å²) in [7, 11) is 0. The van der Waals surface area contributed by atoms with E-state index in [1.54, 1.807) is 6.92 Å². The molecule has 0 spiro atoms. The molecule has 1 saturated carbocycles. The molecule has 198 valence electrons. The maximum atomic E-state index is 13.3. The second-order valence-corrected chi connectivity index (χ2v) is 10.1. The number of nitriles is 1. The van der Waals surface area contributed by atoms with Crippen LogP contribution >= 0.6 is 0 Å². The van der Waals surface area contributed by atoms with Gasteiger partial charge in [0.15, 0.2) is 0 Å². The highest BCUT2D eigenvalue weighted by atomic mass is 16.7. The molecule has 6 nitrogen and oxygen atoms in total. The fraction of sp³-hybridized carbons (Fsp3) is 0.406. The number of hydrogen-bond acceptors (Lipinski definition) is 5. The SMILES string of the molecule is CCCCC(=O)N(Cc1ccc2cc(-c3ccccc3C#N)ccc2c1)CC1(OC(=O)OCC)CCCC1. The zero-order valence-corrected chi connectivity index (χ0v) is 22.4. The summed E-state index contributed by atoms with van der Waals surface area (Å²) in [6, 6.07) is 22.3. The van der Waals surface area contributed by atoms with Gasteiger partial charge in [0.2, 0.25) is 5.91 Å². The third-order valence-corrected chi connectivity index (χ3v) is 7.29. The highest BCUT2D eigenvalue weighted by Crippen LogP contribution is 2.35. The number of ether oxygens (including phenoxy) is 2. The molecule has 1 aliphatic carbocycles. The van der Waals surface area contributed by atoms with E-state index >= 15 is 0 Å². The van der Waals surface area contributed by atoms with Crippen LogP contribution in [0.2, 0.25) is 0 Å². The molecule has 3 aromatic carbocycles. The van der Waals surface area contributed by atoms with E-state index < -0.39 is 11.8 Å². The van der Waals surface area contributed by atoms with Gasteiger partial charge >= 0.3 is 6.16 Å².